The molecule has 1 saturated carbocycles. The molecule has 0 atom stereocenters. The highest BCUT2D eigenvalue weighted by atomic mass is 19.1. The van der Waals surface area contributed by atoms with Crippen LogP contribution in [-0.2, 0) is 11.3 Å². The van der Waals surface area contributed by atoms with E-state index in [-0.39, 0.29) is 11.6 Å². The van der Waals surface area contributed by atoms with E-state index in [0.29, 0.717) is 30.8 Å². The van der Waals surface area contributed by atoms with Gasteiger partial charge in [0.1, 0.15) is 11.5 Å². The molecule has 1 amide bonds. The normalized spacial score (nSPS) is 16.2. The lowest BCUT2D eigenvalue weighted by Crippen LogP contribution is -2.37. The predicted octanol–water partition coefficient (Wildman–Crippen LogP) is 3.89. The van der Waals surface area contributed by atoms with E-state index in [2.05, 4.69) is 20.2 Å². The number of ether oxygens (including phenoxy) is 1. The van der Waals surface area contributed by atoms with Crippen LogP contribution in [0.3, 0.4) is 0 Å². The molecule has 0 radical (unpaired) electrons. The molecule has 3 heterocycles. The number of hydrogen-bond donors (Lipinski definition) is 1. The minimum atomic E-state index is -0.439. The minimum Gasteiger partial charge on any atom is -0.378 e. The van der Waals surface area contributed by atoms with Crippen LogP contribution in [0.4, 0.5) is 16.0 Å². The summed E-state index contributed by atoms with van der Waals surface area (Å²) in [7, 11) is 0. The van der Waals surface area contributed by atoms with E-state index < -0.39 is 5.82 Å². The summed E-state index contributed by atoms with van der Waals surface area (Å²) in [5.41, 5.74) is 3.20. The molecule has 3 aromatic rings. The lowest BCUT2D eigenvalue weighted by Gasteiger charge is -2.26. The van der Waals surface area contributed by atoms with Gasteiger partial charge in [-0.1, -0.05) is 6.07 Å². The number of hydrogen-bond acceptors (Lipinski definition) is 5. The van der Waals surface area contributed by atoms with Gasteiger partial charge in [0.2, 0.25) is 5.95 Å². The monoisotopic (exact) mass is 435 g/mol. The van der Waals surface area contributed by atoms with Gasteiger partial charge in [0.25, 0.3) is 5.91 Å². The van der Waals surface area contributed by atoms with Crippen LogP contribution in [0.5, 0.6) is 0 Å². The Hall–Kier alpha value is -3.26. The Labute approximate surface area is 186 Å². The Morgan fingerprint density at radius 1 is 1.16 bits per heavy atom. The SMILES string of the molecule is Cc1ccc(NC(=O)c2cc(-c3cnc(N4CCOCC4)nc3)cn2CC2CC2)c(F)c1. The summed E-state index contributed by atoms with van der Waals surface area (Å²) in [6.45, 7) is 5.48. The number of benzene rings is 1. The van der Waals surface area contributed by atoms with Crippen molar-refractivity contribution in [2.75, 3.05) is 36.5 Å². The summed E-state index contributed by atoms with van der Waals surface area (Å²) < 4.78 is 21.6. The van der Waals surface area contributed by atoms with Crippen molar-refractivity contribution >= 4 is 17.5 Å². The third-order valence-electron chi connectivity index (χ3n) is 5.92. The average molecular weight is 436 g/mol. The van der Waals surface area contributed by atoms with Crippen LogP contribution in [0.25, 0.3) is 11.1 Å². The summed E-state index contributed by atoms with van der Waals surface area (Å²) in [4.78, 5) is 24.2. The Kier molecular flexibility index (Phi) is 5.61. The van der Waals surface area contributed by atoms with Crippen molar-refractivity contribution in [2.24, 2.45) is 5.92 Å². The van der Waals surface area contributed by atoms with Gasteiger partial charge in [0, 0.05) is 49.4 Å². The zero-order valence-electron chi connectivity index (χ0n) is 18.1. The predicted molar refractivity (Wildman–Crippen MR) is 120 cm³/mol. The maximum absolute atomic E-state index is 14.3. The largest absolute Gasteiger partial charge is 0.378 e. The number of nitrogens with one attached hydrogen (secondary N) is 1. The van der Waals surface area contributed by atoms with E-state index in [0.717, 1.165) is 36.3 Å². The van der Waals surface area contributed by atoms with E-state index in [1.54, 1.807) is 24.5 Å². The first-order valence-electron chi connectivity index (χ1n) is 11.0. The van der Waals surface area contributed by atoms with Gasteiger partial charge in [0.05, 0.1) is 18.9 Å². The fourth-order valence-corrected chi connectivity index (χ4v) is 3.89. The Morgan fingerprint density at radius 2 is 1.91 bits per heavy atom. The average Bonchev–Trinajstić information content (AvgIpc) is 3.52. The standard InChI is InChI=1S/C24H26FN5O2/c1-16-2-5-21(20(25)10-16)28-23(31)22-11-18(15-30(22)14-17-3-4-17)19-12-26-24(27-13-19)29-6-8-32-9-7-29/h2,5,10-13,15,17H,3-4,6-9,14H2,1H3,(H,28,31). The van der Waals surface area contributed by atoms with Crippen molar-refractivity contribution in [3.8, 4) is 11.1 Å². The van der Waals surface area contributed by atoms with Crippen LogP contribution >= 0.6 is 0 Å². The van der Waals surface area contributed by atoms with Gasteiger partial charge >= 0.3 is 0 Å². The van der Waals surface area contributed by atoms with Gasteiger partial charge in [-0.15, -0.1) is 0 Å². The van der Waals surface area contributed by atoms with E-state index in [1.165, 1.54) is 18.9 Å². The zero-order valence-corrected chi connectivity index (χ0v) is 18.1. The number of rotatable bonds is 6. The molecule has 2 aliphatic rings. The third kappa shape index (κ3) is 4.50. The fraction of sp³-hybridized carbons (Fsp3) is 0.375. The Morgan fingerprint density at radius 3 is 2.59 bits per heavy atom. The highest BCUT2D eigenvalue weighted by Crippen LogP contribution is 2.33. The first-order chi connectivity index (χ1) is 15.6. The van der Waals surface area contributed by atoms with E-state index >= 15 is 0 Å². The molecule has 166 valence electrons. The molecule has 1 aliphatic carbocycles. The molecule has 2 aromatic heterocycles. The molecule has 0 unspecified atom stereocenters. The van der Waals surface area contributed by atoms with Crippen LogP contribution in [-0.4, -0.2) is 46.7 Å². The first-order valence-corrected chi connectivity index (χ1v) is 11.0. The maximum Gasteiger partial charge on any atom is 0.272 e. The van der Waals surface area contributed by atoms with Gasteiger partial charge in [-0.25, -0.2) is 14.4 Å². The molecule has 1 saturated heterocycles. The Balaban J connectivity index is 1.39. The number of amides is 1. The lowest BCUT2D eigenvalue weighted by molar-refractivity contribution is 0.101. The number of carbonyl (C=O) groups excluding carboxylic acids is 1. The van der Waals surface area contributed by atoms with Gasteiger partial charge < -0.3 is 19.5 Å². The van der Waals surface area contributed by atoms with Crippen LogP contribution < -0.4 is 10.2 Å². The number of halogens is 1. The smallest absolute Gasteiger partial charge is 0.272 e. The number of carbonyl (C=O) groups is 1. The number of anilines is 2. The Bertz CT molecular complexity index is 1120. The second-order valence-corrected chi connectivity index (χ2v) is 8.52. The topological polar surface area (TPSA) is 72.3 Å². The van der Waals surface area contributed by atoms with Crippen molar-refractivity contribution in [2.45, 2.75) is 26.3 Å². The quantitative estimate of drug-likeness (QED) is 0.636. The summed E-state index contributed by atoms with van der Waals surface area (Å²) >= 11 is 0. The minimum absolute atomic E-state index is 0.180. The van der Waals surface area contributed by atoms with Crippen molar-refractivity contribution in [1.82, 2.24) is 14.5 Å². The van der Waals surface area contributed by atoms with Crippen molar-refractivity contribution in [1.29, 1.82) is 0 Å². The zero-order chi connectivity index (χ0) is 22.1. The highest BCUT2D eigenvalue weighted by molar-refractivity contribution is 6.04. The van der Waals surface area contributed by atoms with Crippen LogP contribution in [0.1, 0.15) is 28.9 Å². The van der Waals surface area contributed by atoms with E-state index in [9.17, 15) is 9.18 Å². The van der Waals surface area contributed by atoms with Crippen molar-refractivity contribution < 1.29 is 13.9 Å². The van der Waals surface area contributed by atoms with Crippen molar-refractivity contribution in [3.05, 3.63) is 59.9 Å². The number of morpholine rings is 1. The second kappa shape index (κ2) is 8.70. The molecule has 0 bridgehead atoms. The molecular formula is C24H26FN5O2. The molecule has 7 nitrogen and oxygen atoms in total. The van der Waals surface area contributed by atoms with Gasteiger partial charge in [0.15, 0.2) is 0 Å². The molecule has 0 spiro atoms. The molecule has 2 fully saturated rings. The second-order valence-electron chi connectivity index (χ2n) is 8.52. The van der Waals surface area contributed by atoms with Gasteiger partial charge in [-0.2, -0.15) is 0 Å². The van der Waals surface area contributed by atoms with E-state index in [4.69, 9.17) is 4.74 Å². The molecule has 1 N–H and O–H groups in total. The van der Waals surface area contributed by atoms with Gasteiger partial charge in [-0.3, -0.25) is 4.79 Å². The molecule has 8 heteroatoms. The number of aromatic nitrogens is 3. The molecule has 1 aliphatic heterocycles. The molecular weight excluding hydrogens is 409 g/mol. The number of nitrogens with zero attached hydrogens (tertiary/aromatic N) is 4. The first kappa shape index (κ1) is 20.6. The summed E-state index contributed by atoms with van der Waals surface area (Å²) in [5, 5.41) is 2.72. The van der Waals surface area contributed by atoms with Gasteiger partial charge in [-0.05, 0) is 49.4 Å². The van der Waals surface area contributed by atoms with Crippen LogP contribution in [0.15, 0.2) is 42.9 Å². The van der Waals surface area contributed by atoms with Crippen LogP contribution in [0, 0.1) is 18.7 Å². The fourth-order valence-electron chi connectivity index (χ4n) is 3.89. The maximum atomic E-state index is 14.3. The lowest BCUT2D eigenvalue weighted by atomic mass is 10.2. The summed E-state index contributed by atoms with van der Waals surface area (Å²) in [6, 6.07) is 6.62. The highest BCUT2D eigenvalue weighted by Gasteiger charge is 2.25. The molecule has 1 aromatic carbocycles. The third-order valence-corrected chi connectivity index (χ3v) is 5.92. The van der Waals surface area contributed by atoms with Crippen molar-refractivity contribution in [3.63, 3.8) is 0 Å². The summed E-state index contributed by atoms with van der Waals surface area (Å²) in [5.74, 6) is 0.497. The van der Waals surface area contributed by atoms with Crippen LogP contribution in [0.2, 0.25) is 0 Å². The molecule has 32 heavy (non-hydrogen) atoms. The van der Waals surface area contributed by atoms with E-state index in [1.807, 2.05) is 23.8 Å². The number of aryl methyl sites for hydroxylation is 1. The molecule has 5 rings (SSSR count). The summed E-state index contributed by atoms with van der Waals surface area (Å²) in [6.07, 6.45) is 7.87.